The Bertz CT molecular complexity index is 1140. The normalized spacial score (nSPS) is 19.5. The van der Waals surface area contributed by atoms with E-state index in [1.807, 2.05) is 18.2 Å². The molecular formula is C25H26FN5O2. The van der Waals surface area contributed by atoms with E-state index in [2.05, 4.69) is 31.2 Å². The van der Waals surface area contributed by atoms with Crippen LogP contribution in [0.15, 0.2) is 61.1 Å². The number of rotatable bonds is 5. The van der Waals surface area contributed by atoms with Crippen LogP contribution in [0, 0.1) is 11.7 Å². The number of piperazine rings is 1. The van der Waals surface area contributed by atoms with Gasteiger partial charge in [-0.05, 0) is 35.7 Å². The van der Waals surface area contributed by atoms with Gasteiger partial charge in [-0.15, -0.1) is 0 Å². The summed E-state index contributed by atoms with van der Waals surface area (Å²) < 4.78 is 19.0. The molecule has 0 radical (unpaired) electrons. The van der Waals surface area contributed by atoms with Crippen molar-refractivity contribution in [2.45, 2.75) is 19.0 Å². The Labute approximate surface area is 192 Å². The van der Waals surface area contributed by atoms with Crippen LogP contribution in [0.3, 0.4) is 0 Å². The zero-order valence-electron chi connectivity index (χ0n) is 18.4. The largest absolute Gasteiger partial charge is 0.497 e. The molecule has 1 amide bonds. The van der Waals surface area contributed by atoms with E-state index in [4.69, 9.17) is 4.74 Å². The molecule has 33 heavy (non-hydrogen) atoms. The second kappa shape index (κ2) is 9.05. The highest BCUT2D eigenvalue weighted by atomic mass is 19.1. The van der Waals surface area contributed by atoms with Crippen molar-refractivity contribution in [1.29, 1.82) is 0 Å². The summed E-state index contributed by atoms with van der Waals surface area (Å²) in [6, 6.07) is 12.3. The van der Waals surface area contributed by atoms with E-state index in [9.17, 15) is 9.18 Å². The number of nitrogens with zero attached hydrogens (tertiary/aromatic N) is 4. The van der Waals surface area contributed by atoms with Gasteiger partial charge in [0.2, 0.25) is 5.91 Å². The maximum atomic E-state index is 13.6. The predicted octanol–water partition coefficient (Wildman–Crippen LogP) is 2.81. The monoisotopic (exact) mass is 447 g/mol. The van der Waals surface area contributed by atoms with Crippen LogP contribution in [0.5, 0.6) is 5.75 Å². The summed E-state index contributed by atoms with van der Waals surface area (Å²) in [5, 5.41) is 3.03. The first kappa shape index (κ1) is 21.2. The summed E-state index contributed by atoms with van der Waals surface area (Å²) in [7, 11) is 1.66. The van der Waals surface area contributed by atoms with E-state index in [-0.39, 0.29) is 23.7 Å². The minimum Gasteiger partial charge on any atom is -0.497 e. The van der Waals surface area contributed by atoms with Crippen LogP contribution in [0.25, 0.3) is 0 Å². The first-order valence-electron chi connectivity index (χ1n) is 11.1. The number of benzene rings is 2. The highest BCUT2D eigenvalue weighted by Crippen LogP contribution is 2.38. The maximum absolute atomic E-state index is 13.6. The molecule has 3 aromatic rings. The molecule has 170 valence electrons. The molecule has 0 saturated carbocycles. The molecule has 0 aliphatic carbocycles. The fourth-order valence-corrected chi connectivity index (χ4v) is 4.83. The molecule has 3 heterocycles. The van der Waals surface area contributed by atoms with Crippen LogP contribution in [-0.2, 0) is 17.8 Å². The molecule has 1 saturated heterocycles. The Kier molecular flexibility index (Phi) is 5.81. The number of fused-ring (bicyclic) bond motifs is 3. The van der Waals surface area contributed by atoms with Crippen molar-refractivity contribution in [3.05, 3.63) is 78.0 Å². The Morgan fingerprint density at radius 2 is 2.12 bits per heavy atom. The van der Waals surface area contributed by atoms with E-state index in [0.29, 0.717) is 19.5 Å². The predicted molar refractivity (Wildman–Crippen MR) is 124 cm³/mol. The van der Waals surface area contributed by atoms with E-state index in [1.54, 1.807) is 31.8 Å². The van der Waals surface area contributed by atoms with Gasteiger partial charge in [-0.3, -0.25) is 9.78 Å². The molecule has 0 bridgehead atoms. The molecule has 8 heteroatoms. The van der Waals surface area contributed by atoms with E-state index in [0.717, 1.165) is 41.5 Å². The first-order chi connectivity index (χ1) is 16.1. The molecule has 2 aliphatic heterocycles. The van der Waals surface area contributed by atoms with Gasteiger partial charge in [0.1, 0.15) is 17.4 Å². The van der Waals surface area contributed by atoms with Crippen LogP contribution < -0.4 is 19.9 Å². The smallest absolute Gasteiger partial charge is 0.225 e. The molecule has 1 aromatic heterocycles. The molecular weight excluding hydrogens is 421 g/mol. The van der Waals surface area contributed by atoms with E-state index >= 15 is 0 Å². The molecule has 1 N–H and O–H groups in total. The van der Waals surface area contributed by atoms with Gasteiger partial charge in [0.05, 0.1) is 25.3 Å². The third-order valence-electron chi connectivity index (χ3n) is 6.49. The van der Waals surface area contributed by atoms with Crippen molar-refractivity contribution in [2.24, 2.45) is 5.92 Å². The molecule has 2 atom stereocenters. The lowest BCUT2D eigenvalue weighted by Crippen LogP contribution is -2.61. The second-order valence-electron chi connectivity index (χ2n) is 8.42. The number of aromatic nitrogens is 2. The number of ether oxygens (including phenoxy) is 1. The summed E-state index contributed by atoms with van der Waals surface area (Å²) in [5.74, 6) is 1.03. The average molecular weight is 448 g/mol. The van der Waals surface area contributed by atoms with Crippen LogP contribution in [0.1, 0.15) is 11.1 Å². The van der Waals surface area contributed by atoms with Crippen molar-refractivity contribution in [1.82, 2.24) is 15.3 Å². The Balaban J connectivity index is 1.41. The lowest BCUT2D eigenvalue weighted by molar-refractivity contribution is -0.126. The van der Waals surface area contributed by atoms with Gasteiger partial charge >= 0.3 is 0 Å². The molecule has 2 aromatic carbocycles. The molecule has 0 unspecified atom stereocenters. The third kappa shape index (κ3) is 4.33. The van der Waals surface area contributed by atoms with Gasteiger partial charge in [0.15, 0.2) is 0 Å². The van der Waals surface area contributed by atoms with E-state index < -0.39 is 0 Å². The summed E-state index contributed by atoms with van der Waals surface area (Å²) in [6.07, 6.45) is 5.73. The lowest BCUT2D eigenvalue weighted by atomic mass is 9.83. The number of methoxy groups -OCH3 is 1. The first-order valence-corrected chi connectivity index (χ1v) is 11.1. The lowest BCUT2D eigenvalue weighted by Gasteiger charge is -2.49. The quantitative estimate of drug-likeness (QED) is 0.649. The Morgan fingerprint density at radius 3 is 2.91 bits per heavy atom. The zero-order valence-corrected chi connectivity index (χ0v) is 18.4. The van der Waals surface area contributed by atoms with Gasteiger partial charge in [-0.2, -0.15) is 0 Å². The molecule has 0 spiro atoms. The van der Waals surface area contributed by atoms with Crippen molar-refractivity contribution in [3.8, 4) is 5.75 Å². The Morgan fingerprint density at radius 1 is 1.21 bits per heavy atom. The minimum atomic E-state index is -0.305. The average Bonchev–Trinajstić information content (AvgIpc) is 2.86. The van der Waals surface area contributed by atoms with Crippen molar-refractivity contribution < 1.29 is 13.9 Å². The molecule has 5 rings (SSSR count). The molecule has 7 nitrogen and oxygen atoms in total. The number of anilines is 2. The van der Waals surface area contributed by atoms with Gasteiger partial charge < -0.3 is 19.9 Å². The Hall–Kier alpha value is -3.68. The third-order valence-corrected chi connectivity index (χ3v) is 6.49. The van der Waals surface area contributed by atoms with E-state index in [1.165, 1.54) is 12.1 Å². The maximum Gasteiger partial charge on any atom is 0.225 e. The number of nitrogens with one attached hydrogen (secondary N) is 1. The number of carbonyl (C=O) groups excluding carboxylic acids is 1. The topological polar surface area (TPSA) is 70.6 Å². The van der Waals surface area contributed by atoms with Gasteiger partial charge in [0, 0.05) is 50.3 Å². The van der Waals surface area contributed by atoms with Crippen molar-refractivity contribution in [3.63, 3.8) is 0 Å². The summed E-state index contributed by atoms with van der Waals surface area (Å²) >= 11 is 0. The molecule has 1 fully saturated rings. The summed E-state index contributed by atoms with van der Waals surface area (Å²) in [5.41, 5.74) is 2.99. The highest BCUT2D eigenvalue weighted by molar-refractivity contribution is 5.82. The fourth-order valence-electron chi connectivity index (χ4n) is 4.83. The van der Waals surface area contributed by atoms with Crippen LogP contribution in [0.2, 0.25) is 0 Å². The summed E-state index contributed by atoms with van der Waals surface area (Å²) in [4.78, 5) is 26.5. The second-order valence-corrected chi connectivity index (χ2v) is 8.42. The van der Waals surface area contributed by atoms with Crippen LogP contribution in [0.4, 0.5) is 15.9 Å². The summed E-state index contributed by atoms with van der Waals surface area (Å²) in [6.45, 7) is 2.50. The van der Waals surface area contributed by atoms with Crippen molar-refractivity contribution >= 4 is 17.4 Å². The van der Waals surface area contributed by atoms with Gasteiger partial charge in [-0.25, -0.2) is 9.37 Å². The van der Waals surface area contributed by atoms with Crippen LogP contribution >= 0.6 is 0 Å². The van der Waals surface area contributed by atoms with Gasteiger partial charge in [-0.1, -0.05) is 18.2 Å². The number of carbonyl (C=O) groups is 1. The van der Waals surface area contributed by atoms with Gasteiger partial charge in [0.25, 0.3) is 0 Å². The molecule has 2 aliphatic rings. The SMILES string of the molecule is COc1ccc2c(c1)N1CCN(c3cnccn3)C[C@H]1[C@@H](C(=O)NCc1cccc(F)c1)C2. The van der Waals surface area contributed by atoms with Crippen molar-refractivity contribution in [2.75, 3.05) is 36.5 Å². The number of halogens is 1. The van der Waals surface area contributed by atoms with Crippen LogP contribution in [-0.4, -0.2) is 48.7 Å². The standard InChI is InChI=1S/C25H26FN5O2/c1-33-20-6-5-18-12-21(25(32)29-14-17-3-2-4-19(26)11-17)23-16-30(24-15-27-7-8-28-24)9-10-31(23)22(18)13-20/h2-8,11,13,15,21,23H,9-10,12,14,16H2,1H3,(H,29,32)/t21-,23-/m0/s1. The highest BCUT2D eigenvalue weighted by Gasteiger charge is 2.42. The minimum absolute atomic E-state index is 0.0308. The number of amides is 1. The zero-order chi connectivity index (χ0) is 22.8. The number of hydrogen-bond donors (Lipinski definition) is 1. The number of hydrogen-bond acceptors (Lipinski definition) is 6. The fraction of sp³-hybridized carbons (Fsp3) is 0.320.